The average Bonchev–Trinajstić information content (AvgIpc) is 2.64. The van der Waals surface area contributed by atoms with Crippen molar-refractivity contribution in [2.75, 3.05) is 11.9 Å². The van der Waals surface area contributed by atoms with E-state index in [-0.39, 0.29) is 23.6 Å². The molecular formula is C20H23N3O4. The lowest BCUT2D eigenvalue weighted by Crippen LogP contribution is -2.21. The third-order valence-corrected chi connectivity index (χ3v) is 3.70. The van der Waals surface area contributed by atoms with Crippen LogP contribution in [-0.4, -0.2) is 29.2 Å². The molecule has 0 fully saturated rings. The van der Waals surface area contributed by atoms with Crippen molar-refractivity contribution in [1.82, 2.24) is 5.43 Å². The fraction of sp³-hybridized carbons (Fsp3) is 0.250. The van der Waals surface area contributed by atoms with Crippen LogP contribution in [-0.2, 0) is 4.79 Å². The molecule has 0 saturated carbocycles. The number of ether oxygens (including phenoxy) is 1. The minimum absolute atomic E-state index is 0.0211. The third kappa shape index (κ3) is 5.85. The van der Waals surface area contributed by atoms with Gasteiger partial charge < -0.3 is 15.2 Å². The van der Waals surface area contributed by atoms with Gasteiger partial charge in [0.2, 0.25) is 5.91 Å². The van der Waals surface area contributed by atoms with E-state index >= 15 is 0 Å². The van der Waals surface area contributed by atoms with E-state index in [1.54, 1.807) is 50.2 Å². The van der Waals surface area contributed by atoms with Crippen molar-refractivity contribution in [2.24, 2.45) is 5.10 Å². The molecule has 2 aromatic carbocycles. The first-order chi connectivity index (χ1) is 12.9. The highest BCUT2D eigenvalue weighted by Crippen LogP contribution is 2.21. The lowest BCUT2D eigenvalue weighted by molar-refractivity contribution is -0.115. The minimum atomic E-state index is -0.539. The molecule has 0 heterocycles. The van der Waals surface area contributed by atoms with Crippen molar-refractivity contribution in [3.8, 4) is 11.5 Å². The largest absolute Gasteiger partial charge is 0.507 e. The van der Waals surface area contributed by atoms with Gasteiger partial charge in [0.05, 0.1) is 18.6 Å². The number of aryl methyl sites for hydroxylation is 1. The van der Waals surface area contributed by atoms with Crippen molar-refractivity contribution in [3.63, 3.8) is 0 Å². The number of aromatic hydroxyl groups is 1. The van der Waals surface area contributed by atoms with Gasteiger partial charge in [0, 0.05) is 11.4 Å². The summed E-state index contributed by atoms with van der Waals surface area (Å²) < 4.78 is 5.35. The summed E-state index contributed by atoms with van der Waals surface area (Å²) in [6.45, 7) is 5.81. The number of anilines is 1. The second kappa shape index (κ2) is 9.38. The topological polar surface area (TPSA) is 100 Å². The molecule has 3 N–H and O–H groups in total. The van der Waals surface area contributed by atoms with Gasteiger partial charge in [-0.1, -0.05) is 12.1 Å². The Morgan fingerprint density at radius 1 is 1.15 bits per heavy atom. The van der Waals surface area contributed by atoms with Crippen LogP contribution in [0, 0.1) is 6.92 Å². The number of rotatable bonds is 7. The smallest absolute Gasteiger partial charge is 0.275 e. The number of carbonyl (C=O) groups excluding carboxylic acids is 2. The Labute approximate surface area is 158 Å². The van der Waals surface area contributed by atoms with Crippen LogP contribution in [0.1, 0.15) is 36.2 Å². The van der Waals surface area contributed by atoms with E-state index in [4.69, 9.17) is 4.74 Å². The molecule has 0 aromatic heterocycles. The number of phenols is 1. The van der Waals surface area contributed by atoms with Crippen molar-refractivity contribution in [3.05, 3.63) is 53.6 Å². The molecule has 2 rings (SSSR count). The number of nitrogens with one attached hydrogen (secondary N) is 2. The Balaban J connectivity index is 1.89. The lowest BCUT2D eigenvalue weighted by atomic mass is 10.1. The van der Waals surface area contributed by atoms with Crippen LogP contribution in [0.5, 0.6) is 11.5 Å². The molecular weight excluding hydrogens is 346 g/mol. The van der Waals surface area contributed by atoms with Crippen LogP contribution in [0.25, 0.3) is 0 Å². The maximum Gasteiger partial charge on any atom is 0.275 e. The fourth-order valence-corrected chi connectivity index (χ4v) is 2.33. The summed E-state index contributed by atoms with van der Waals surface area (Å²) in [5.74, 6) is -0.151. The van der Waals surface area contributed by atoms with E-state index in [2.05, 4.69) is 15.8 Å². The molecule has 7 heteroatoms. The summed E-state index contributed by atoms with van der Waals surface area (Å²) >= 11 is 0. The molecule has 0 spiro atoms. The number of phenolic OH excluding ortho intramolecular Hbond substituents is 1. The van der Waals surface area contributed by atoms with Gasteiger partial charge in [-0.25, -0.2) is 5.43 Å². The molecule has 0 aliphatic carbocycles. The first kappa shape index (κ1) is 20.0. The molecule has 2 aromatic rings. The normalized spacial score (nSPS) is 11.0. The second-order valence-corrected chi connectivity index (χ2v) is 5.94. The van der Waals surface area contributed by atoms with Crippen LogP contribution in [0.4, 0.5) is 5.69 Å². The monoisotopic (exact) mass is 369 g/mol. The molecule has 27 heavy (non-hydrogen) atoms. The van der Waals surface area contributed by atoms with Gasteiger partial charge in [0.1, 0.15) is 11.5 Å². The maximum atomic E-state index is 12.1. The summed E-state index contributed by atoms with van der Waals surface area (Å²) in [5.41, 5.74) is 4.15. The number of nitrogens with zero attached hydrogens (tertiary/aromatic N) is 1. The predicted octanol–water partition coefficient (Wildman–Crippen LogP) is 3.23. The lowest BCUT2D eigenvalue weighted by Gasteiger charge is -2.08. The zero-order chi connectivity index (χ0) is 19.8. The summed E-state index contributed by atoms with van der Waals surface area (Å²) in [6, 6.07) is 11.9. The van der Waals surface area contributed by atoms with Crippen LogP contribution in [0.3, 0.4) is 0 Å². The highest BCUT2D eigenvalue weighted by Gasteiger charge is 2.12. The summed E-state index contributed by atoms with van der Waals surface area (Å²) in [4.78, 5) is 24.2. The molecule has 0 atom stereocenters. The van der Waals surface area contributed by atoms with Crippen LogP contribution < -0.4 is 15.5 Å². The standard InChI is InChI=1S/C20H23N3O4/c1-4-27-16-10-8-15(9-11-16)21-18(24)12-14(3)22-23-20(26)17-7-5-6-13(2)19(17)25/h5-11,25H,4,12H2,1-3H3,(H,21,24)(H,23,26)/b22-14-. The molecule has 0 saturated heterocycles. The SMILES string of the molecule is CCOc1ccc(NC(=O)C/C(C)=N\NC(=O)c2cccc(C)c2O)cc1. The number of benzene rings is 2. The molecule has 0 aliphatic rings. The average molecular weight is 369 g/mol. The van der Waals surface area contributed by atoms with Crippen molar-refractivity contribution in [1.29, 1.82) is 0 Å². The third-order valence-electron chi connectivity index (χ3n) is 3.70. The molecule has 2 amide bonds. The fourth-order valence-electron chi connectivity index (χ4n) is 2.33. The van der Waals surface area contributed by atoms with E-state index in [1.165, 1.54) is 6.07 Å². The van der Waals surface area contributed by atoms with E-state index in [0.717, 1.165) is 5.75 Å². The quantitative estimate of drug-likeness (QED) is 0.515. The molecule has 7 nitrogen and oxygen atoms in total. The van der Waals surface area contributed by atoms with E-state index < -0.39 is 5.91 Å². The Morgan fingerprint density at radius 3 is 2.52 bits per heavy atom. The van der Waals surface area contributed by atoms with Crippen molar-refractivity contribution < 1.29 is 19.4 Å². The van der Waals surface area contributed by atoms with Crippen molar-refractivity contribution >= 4 is 23.2 Å². The number of para-hydroxylation sites is 1. The summed E-state index contributed by atoms with van der Waals surface area (Å²) in [7, 11) is 0. The molecule has 142 valence electrons. The van der Waals surface area contributed by atoms with Gasteiger partial charge in [-0.05, 0) is 56.7 Å². The van der Waals surface area contributed by atoms with Gasteiger partial charge in [0.25, 0.3) is 5.91 Å². The zero-order valence-corrected chi connectivity index (χ0v) is 15.6. The first-order valence-corrected chi connectivity index (χ1v) is 8.55. The van der Waals surface area contributed by atoms with E-state index in [9.17, 15) is 14.7 Å². The maximum absolute atomic E-state index is 12.1. The molecule has 0 unspecified atom stereocenters. The summed E-state index contributed by atoms with van der Waals surface area (Å²) in [5, 5.41) is 16.6. The van der Waals surface area contributed by atoms with Crippen LogP contribution in [0.15, 0.2) is 47.6 Å². The number of hydrogen-bond donors (Lipinski definition) is 3. The van der Waals surface area contributed by atoms with Crippen molar-refractivity contribution in [2.45, 2.75) is 27.2 Å². The Bertz CT molecular complexity index is 845. The zero-order valence-electron chi connectivity index (χ0n) is 15.6. The predicted molar refractivity (Wildman–Crippen MR) is 104 cm³/mol. The molecule has 0 bridgehead atoms. The van der Waals surface area contributed by atoms with Gasteiger partial charge in [-0.15, -0.1) is 0 Å². The number of amides is 2. The number of hydrazone groups is 1. The minimum Gasteiger partial charge on any atom is -0.507 e. The van der Waals surface area contributed by atoms with Gasteiger partial charge in [0.15, 0.2) is 0 Å². The van der Waals surface area contributed by atoms with E-state index in [1.807, 2.05) is 6.92 Å². The highest BCUT2D eigenvalue weighted by atomic mass is 16.5. The Kier molecular flexibility index (Phi) is 6.93. The van der Waals surface area contributed by atoms with E-state index in [0.29, 0.717) is 23.6 Å². The summed E-state index contributed by atoms with van der Waals surface area (Å²) in [6.07, 6.45) is 0.0211. The highest BCUT2D eigenvalue weighted by molar-refractivity contribution is 6.06. The van der Waals surface area contributed by atoms with Gasteiger partial charge in [-0.2, -0.15) is 5.10 Å². The van der Waals surface area contributed by atoms with Crippen LogP contribution in [0.2, 0.25) is 0 Å². The van der Waals surface area contributed by atoms with Gasteiger partial charge >= 0.3 is 0 Å². The Morgan fingerprint density at radius 2 is 1.85 bits per heavy atom. The Hall–Kier alpha value is -3.35. The molecule has 0 radical (unpaired) electrons. The first-order valence-electron chi connectivity index (χ1n) is 8.55. The number of hydrogen-bond acceptors (Lipinski definition) is 5. The second-order valence-electron chi connectivity index (χ2n) is 5.94. The van der Waals surface area contributed by atoms with Crippen LogP contribution >= 0.6 is 0 Å². The number of carbonyl (C=O) groups is 2. The van der Waals surface area contributed by atoms with Gasteiger partial charge in [-0.3, -0.25) is 9.59 Å². The molecule has 0 aliphatic heterocycles.